The van der Waals surface area contributed by atoms with Gasteiger partial charge in [-0.05, 0) is 31.6 Å². The van der Waals surface area contributed by atoms with Crippen LogP contribution in [-0.2, 0) is 4.79 Å². The molecule has 2 bridgehead atoms. The monoisotopic (exact) mass is 156 g/mol. The summed E-state index contributed by atoms with van der Waals surface area (Å²) < 4.78 is 0. The second-order valence-corrected chi connectivity index (χ2v) is 3.82. The second kappa shape index (κ2) is 1.97. The fourth-order valence-electron chi connectivity index (χ4n) is 2.56. The lowest BCUT2D eigenvalue weighted by Crippen LogP contribution is -2.37. The molecular formula is C8H12O3. The Labute approximate surface area is 65.0 Å². The number of aliphatic carboxylic acids is 1. The molecule has 2 N–H and O–H groups in total. The van der Waals surface area contributed by atoms with E-state index in [0.29, 0.717) is 25.2 Å². The van der Waals surface area contributed by atoms with Crippen LogP contribution in [-0.4, -0.2) is 22.3 Å². The fraction of sp³-hybridized carbons (Fsp3) is 0.875. The number of aliphatic hydroxyl groups is 1. The Morgan fingerprint density at radius 2 is 2.27 bits per heavy atom. The van der Waals surface area contributed by atoms with Gasteiger partial charge in [0.2, 0.25) is 0 Å². The maximum Gasteiger partial charge on any atom is 0.312 e. The van der Waals surface area contributed by atoms with E-state index in [0.717, 1.165) is 6.42 Å². The summed E-state index contributed by atoms with van der Waals surface area (Å²) in [7, 11) is 0. The van der Waals surface area contributed by atoms with E-state index in [2.05, 4.69) is 0 Å². The molecule has 2 saturated carbocycles. The summed E-state index contributed by atoms with van der Waals surface area (Å²) in [4.78, 5) is 10.8. The van der Waals surface area contributed by atoms with Gasteiger partial charge in [0.25, 0.3) is 0 Å². The Hall–Kier alpha value is -0.570. The molecule has 0 aromatic carbocycles. The Morgan fingerprint density at radius 3 is 2.55 bits per heavy atom. The largest absolute Gasteiger partial charge is 0.481 e. The highest BCUT2D eigenvalue weighted by Crippen LogP contribution is 2.54. The lowest BCUT2D eigenvalue weighted by atomic mass is 9.82. The van der Waals surface area contributed by atoms with Gasteiger partial charge in [0.1, 0.15) is 0 Å². The van der Waals surface area contributed by atoms with Gasteiger partial charge in [-0.15, -0.1) is 0 Å². The van der Waals surface area contributed by atoms with Crippen molar-refractivity contribution in [3.05, 3.63) is 0 Å². The molecule has 2 fully saturated rings. The average Bonchev–Trinajstić information content (AvgIpc) is 2.43. The molecule has 0 spiro atoms. The standard InChI is InChI=1S/C8H12O3/c9-6-3-5-1-2-8(6,4-5)7(10)11/h5-6,9H,1-4H2,(H,10,11)/t5-,6+,8-/m1/s1. The van der Waals surface area contributed by atoms with Crippen molar-refractivity contribution in [2.24, 2.45) is 11.3 Å². The number of fused-ring (bicyclic) bond motifs is 2. The predicted octanol–water partition coefficient (Wildman–Crippen LogP) is 0.622. The van der Waals surface area contributed by atoms with Crippen molar-refractivity contribution < 1.29 is 15.0 Å². The lowest BCUT2D eigenvalue weighted by molar-refractivity contribution is -0.154. The summed E-state index contributed by atoms with van der Waals surface area (Å²) in [5.41, 5.74) is -0.759. The molecule has 2 aliphatic carbocycles. The number of hydrogen-bond acceptors (Lipinski definition) is 2. The van der Waals surface area contributed by atoms with Gasteiger partial charge in [-0.2, -0.15) is 0 Å². The molecule has 2 rings (SSSR count). The topological polar surface area (TPSA) is 57.5 Å². The molecule has 0 radical (unpaired) electrons. The first-order chi connectivity index (χ1) is 5.15. The zero-order chi connectivity index (χ0) is 8.06. The third-order valence-corrected chi connectivity index (χ3v) is 3.27. The molecular weight excluding hydrogens is 144 g/mol. The van der Waals surface area contributed by atoms with Crippen LogP contribution in [0.2, 0.25) is 0 Å². The first kappa shape index (κ1) is 7.10. The molecule has 3 nitrogen and oxygen atoms in total. The Kier molecular flexibility index (Phi) is 1.27. The van der Waals surface area contributed by atoms with Crippen LogP contribution in [0.25, 0.3) is 0 Å². The first-order valence-corrected chi connectivity index (χ1v) is 4.06. The van der Waals surface area contributed by atoms with Crippen molar-refractivity contribution in [3.8, 4) is 0 Å². The number of hydrogen-bond donors (Lipinski definition) is 2. The van der Waals surface area contributed by atoms with E-state index in [-0.39, 0.29) is 0 Å². The molecule has 62 valence electrons. The van der Waals surface area contributed by atoms with Gasteiger partial charge in [0.05, 0.1) is 11.5 Å². The molecule has 0 heterocycles. The van der Waals surface area contributed by atoms with E-state index >= 15 is 0 Å². The molecule has 0 aliphatic heterocycles. The van der Waals surface area contributed by atoms with Crippen LogP contribution >= 0.6 is 0 Å². The van der Waals surface area contributed by atoms with Gasteiger partial charge in [0, 0.05) is 0 Å². The minimum Gasteiger partial charge on any atom is -0.481 e. The van der Waals surface area contributed by atoms with Crippen molar-refractivity contribution >= 4 is 5.97 Å². The zero-order valence-electron chi connectivity index (χ0n) is 6.29. The summed E-state index contributed by atoms with van der Waals surface area (Å²) in [6.07, 6.45) is 2.48. The minimum absolute atomic E-state index is 0.473. The third kappa shape index (κ3) is 0.745. The number of aliphatic hydroxyl groups excluding tert-OH is 1. The van der Waals surface area contributed by atoms with Crippen molar-refractivity contribution in [3.63, 3.8) is 0 Å². The molecule has 0 saturated heterocycles. The normalized spacial score (nSPS) is 48.1. The quantitative estimate of drug-likeness (QED) is 0.585. The van der Waals surface area contributed by atoms with E-state index in [1.54, 1.807) is 0 Å². The highest BCUT2D eigenvalue weighted by atomic mass is 16.4. The summed E-state index contributed by atoms with van der Waals surface area (Å²) in [5.74, 6) is -0.328. The highest BCUT2D eigenvalue weighted by Gasteiger charge is 2.56. The summed E-state index contributed by atoms with van der Waals surface area (Å²) in [6.45, 7) is 0. The number of carboxylic acids is 1. The molecule has 3 atom stereocenters. The number of carboxylic acid groups (broad SMARTS) is 1. The van der Waals surface area contributed by atoms with Gasteiger partial charge in [-0.3, -0.25) is 4.79 Å². The highest BCUT2D eigenvalue weighted by molar-refractivity contribution is 5.76. The molecule has 11 heavy (non-hydrogen) atoms. The van der Waals surface area contributed by atoms with Crippen LogP contribution in [0.15, 0.2) is 0 Å². The Bertz CT molecular complexity index is 202. The minimum atomic E-state index is -0.801. The van der Waals surface area contributed by atoms with Crippen LogP contribution in [0.5, 0.6) is 0 Å². The van der Waals surface area contributed by atoms with E-state index in [4.69, 9.17) is 5.11 Å². The number of carbonyl (C=O) groups is 1. The van der Waals surface area contributed by atoms with E-state index < -0.39 is 17.5 Å². The molecule has 0 unspecified atom stereocenters. The maximum absolute atomic E-state index is 10.8. The molecule has 0 amide bonds. The van der Waals surface area contributed by atoms with Crippen LogP contribution in [0.4, 0.5) is 0 Å². The van der Waals surface area contributed by atoms with Gasteiger partial charge >= 0.3 is 5.97 Å². The van der Waals surface area contributed by atoms with E-state index in [1.807, 2.05) is 0 Å². The van der Waals surface area contributed by atoms with Crippen molar-refractivity contribution in [2.45, 2.75) is 31.8 Å². The molecule has 3 heteroatoms. The molecule has 2 aliphatic rings. The molecule has 0 aromatic rings. The third-order valence-electron chi connectivity index (χ3n) is 3.27. The van der Waals surface area contributed by atoms with Crippen LogP contribution in [0, 0.1) is 11.3 Å². The average molecular weight is 156 g/mol. The van der Waals surface area contributed by atoms with E-state index in [9.17, 15) is 9.90 Å². The molecule has 0 aromatic heterocycles. The van der Waals surface area contributed by atoms with Crippen molar-refractivity contribution in [1.29, 1.82) is 0 Å². The lowest BCUT2D eigenvalue weighted by Gasteiger charge is -2.26. The Morgan fingerprint density at radius 1 is 1.55 bits per heavy atom. The van der Waals surface area contributed by atoms with Crippen molar-refractivity contribution in [1.82, 2.24) is 0 Å². The maximum atomic E-state index is 10.8. The predicted molar refractivity (Wildman–Crippen MR) is 38.0 cm³/mol. The number of rotatable bonds is 1. The van der Waals surface area contributed by atoms with Crippen molar-refractivity contribution in [2.75, 3.05) is 0 Å². The van der Waals surface area contributed by atoms with E-state index in [1.165, 1.54) is 0 Å². The summed E-state index contributed by atoms with van der Waals surface area (Å²) in [5, 5.41) is 18.4. The first-order valence-electron chi connectivity index (χ1n) is 4.06. The summed E-state index contributed by atoms with van der Waals surface area (Å²) in [6, 6.07) is 0. The van der Waals surface area contributed by atoms with Crippen LogP contribution in [0.1, 0.15) is 25.7 Å². The van der Waals surface area contributed by atoms with Gasteiger partial charge in [-0.1, -0.05) is 0 Å². The second-order valence-electron chi connectivity index (χ2n) is 3.82. The Balaban J connectivity index is 2.29. The zero-order valence-corrected chi connectivity index (χ0v) is 6.29. The summed E-state index contributed by atoms with van der Waals surface area (Å²) >= 11 is 0. The van der Waals surface area contributed by atoms with Gasteiger partial charge < -0.3 is 10.2 Å². The smallest absolute Gasteiger partial charge is 0.312 e. The van der Waals surface area contributed by atoms with Gasteiger partial charge in [0.15, 0.2) is 0 Å². The SMILES string of the molecule is O=C(O)[C@@]12CC[C@H](C[C@@H]1O)C2. The van der Waals surface area contributed by atoms with Crippen LogP contribution < -0.4 is 0 Å². The van der Waals surface area contributed by atoms with Gasteiger partial charge in [-0.25, -0.2) is 0 Å². The van der Waals surface area contributed by atoms with Crippen LogP contribution in [0.3, 0.4) is 0 Å². The fourth-order valence-corrected chi connectivity index (χ4v) is 2.56.